The Labute approximate surface area is 167 Å². The van der Waals surface area contributed by atoms with Crippen molar-refractivity contribution in [2.24, 2.45) is 5.92 Å². The van der Waals surface area contributed by atoms with Crippen LogP contribution in [-0.2, 0) is 15.1 Å². The summed E-state index contributed by atoms with van der Waals surface area (Å²) in [6.07, 6.45) is 1.38. The molecule has 9 heteroatoms. The first-order valence-electron chi connectivity index (χ1n) is 9.10. The summed E-state index contributed by atoms with van der Waals surface area (Å²) in [7, 11) is 0. The van der Waals surface area contributed by atoms with E-state index in [0.717, 1.165) is 0 Å². The van der Waals surface area contributed by atoms with Crippen LogP contribution >= 0.6 is 0 Å². The molecule has 1 aliphatic heterocycles. The molecule has 1 aromatic heterocycles. The van der Waals surface area contributed by atoms with Crippen molar-refractivity contribution in [1.82, 2.24) is 16.0 Å². The van der Waals surface area contributed by atoms with Crippen LogP contribution in [0.3, 0.4) is 0 Å². The second kappa shape index (κ2) is 7.78. The van der Waals surface area contributed by atoms with Crippen LogP contribution in [0.25, 0.3) is 0 Å². The number of nitrogens with one attached hydrogen (secondary N) is 4. The number of carbonyl (C=O) groups excluding carboxylic acids is 4. The minimum Gasteiger partial charge on any atom is -0.459 e. The van der Waals surface area contributed by atoms with Crippen LogP contribution < -0.4 is 21.3 Å². The maximum Gasteiger partial charge on any atom is 0.322 e. The van der Waals surface area contributed by atoms with Crippen molar-refractivity contribution in [1.29, 1.82) is 0 Å². The maximum atomic E-state index is 12.8. The minimum atomic E-state index is -1.23. The first-order valence-corrected chi connectivity index (χ1v) is 9.10. The zero-order valence-corrected chi connectivity index (χ0v) is 16.2. The van der Waals surface area contributed by atoms with Gasteiger partial charge in [-0.1, -0.05) is 26.0 Å². The first-order chi connectivity index (χ1) is 13.7. The van der Waals surface area contributed by atoms with Crippen molar-refractivity contribution >= 4 is 29.4 Å². The molecule has 4 N–H and O–H groups in total. The van der Waals surface area contributed by atoms with Gasteiger partial charge in [0.2, 0.25) is 5.91 Å². The van der Waals surface area contributed by atoms with Gasteiger partial charge < -0.3 is 20.4 Å². The fraction of sp³-hybridized carbons (Fsp3) is 0.300. The topological polar surface area (TPSA) is 130 Å². The summed E-state index contributed by atoms with van der Waals surface area (Å²) in [5.74, 6) is -1.45. The summed E-state index contributed by atoms with van der Waals surface area (Å²) in [5.41, 5.74) is -0.289. The molecule has 0 radical (unpaired) electrons. The van der Waals surface area contributed by atoms with Gasteiger partial charge >= 0.3 is 6.03 Å². The Hall–Kier alpha value is -3.62. The first kappa shape index (κ1) is 20.1. The third-order valence-corrected chi connectivity index (χ3v) is 4.73. The molecular weight excluding hydrogens is 376 g/mol. The van der Waals surface area contributed by atoms with Crippen LogP contribution in [0.5, 0.6) is 0 Å². The summed E-state index contributed by atoms with van der Waals surface area (Å²) in [6.45, 7) is 5.19. The Kier molecular flexibility index (Phi) is 5.40. The molecule has 1 fully saturated rings. The molecule has 0 spiro atoms. The van der Waals surface area contributed by atoms with Crippen LogP contribution in [0, 0.1) is 5.92 Å². The van der Waals surface area contributed by atoms with Gasteiger partial charge in [-0.15, -0.1) is 0 Å². The van der Waals surface area contributed by atoms with Gasteiger partial charge in [0.25, 0.3) is 11.8 Å². The van der Waals surface area contributed by atoms with Gasteiger partial charge in [0.05, 0.1) is 6.26 Å². The number of hydrogen-bond donors (Lipinski definition) is 4. The summed E-state index contributed by atoms with van der Waals surface area (Å²) >= 11 is 0. The van der Waals surface area contributed by atoms with Gasteiger partial charge in [-0.3, -0.25) is 19.7 Å². The van der Waals surface area contributed by atoms with E-state index in [1.807, 2.05) is 13.8 Å². The Morgan fingerprint density at radius 1 is 1.14 bits per heavy atom. The van der Waals surface area contributed by atoms with Crippen LogP contribution in [0.4, 0.5) is 10.5 Å². The fourth-order valence-electron chi connectivity index (χ4n) is 3.03. The fourth-order valence-corrected chi connectivity index (χ4v) is 3.03. The average Bonchev–Trinajstić information content (AvgIpc) is 3.28. The lowest BCUT2D eigenvalue weighted by atomic mass is 9.92. The lowest BCUT2D eigenvalue weighted by Crippen LogP contribution is -2.47. The molecular formula is C20H22N4O5. The standard InChI is InChI=1S/C20H22N4O5/c1-11(2)15(22-16(25)14-8-5-9-29-14)17(26)21-13-7-4-6-12(10-13)20(3)18(27)23-19(28)24-20/h4-11,15H,1-3H3,(H,21,26)(H,22,25)(H2,23,24,27,28). The number of benzene rings is 1. The summed E-state index contributed by atoms with van der Waals surface area (Å²) in [4.78, 5) is 48.7. The van der Waals surface area contributed by atoms with Gasteiger partial charge in [-0.05, 0) is 42.7 Å². The lowest BCUT2D eigenvalue weighted by molar-refractivity contribution is -0.123. The molecule has 2 atom stereocenters. The molecule has 29 heavy (non-hydrogen) atoms. The molecule has 1 aromatic carbocycles. The highest BCUT2D eigenvalue weighted by atomic mass is 16.3. The Morgan fingerprint density at radius 3 is 2.48 bits per heavy atom. The minimum absolute atomic E-state index is 0.112. The van der Waals surface area contributed by atoms with Gasteiger partial charge in [-0.2, -0.15) is 0 Å². The van der Waals surface area contributed by atoms with Gasteiger partial charge in [0.1, 0.15) is 11.6 Å². The predicted octanol–water partition coefficient (Wildman–Crippen LogP) is 1.73. The molecule has 5 amide bonds. The number of urea groups is 1. The van der Waals surface area contributed by atoms with Crippen LogP contribution in [0.15, 0.2) is 47.1 Å². The second-order valence-corrected chi connectivity index (χ2v) is 7.28. The van der Waals surface area contributed by atoms with E-state index in [-0.39, 0.29) is 11.7 Å². The van der Waals surface area contributed by atoms with Gasteiger partial charge in [0, 0.05) is 5.69 Å². The predicted molar refractivity (Wildman–Crippen MR) is 104 cm³/mol. The van der Waals surface area contributed by atoms with Crippen LogP contribution in [-0.4, -0.2) is 29.8 Å². The lowest BCUT2D eigenvalue weighted by Gasteiger charge is -2.23. The maximum absolute atomic E-state index is 12.8. The highest BCUT2D eigenvalue weighted by molar-refractivity contribution is 6.07. The molecule has 2 aromatic rings. The molecule has 2 unspecified atom stereocenters. The molecule has 0 bridgehead atoms. The summed E-state index contributed by atoms with van der Waals surface area (Å²) < 4.78 is 5.06. The van der Waals surface area contributed by atoms with Crippen molar-refractivity contribution in [3.63, 3.8) is 0 Å². The van der Waals surface area contributed by atoms with Crippen molar-refractivity contribution < 1.29 is 23.6 Å². The largest absolute Gasteiger partial charge is 0.459 e. The Bertz CT molecular complexity index is 954. The number of amides is 5. The molecule has 9 nitrogen and oxygen atoms in total. The second-order valence-electron chi connectivity index (χ2n) is 7.28. The zero-order chi connectivity index (χ0) is 21.2. The van der Waals surface area contributed by atoms with E-state index >= 15 is 0 Å². The smallest absolute Gasteiger partial charge is 0.322 e. The van der Waals surface area contributed by atoms with Crippen LogP contribution in [0.1, 0.15) is 36.9 Å². The van der Waals surface area contributed by atoms with Gasteiger partial charge in [0.15, 0.2) is 5.76 Å². The van der Waals surface area contributed by atoms with Crippen molar-refractivity contribution in [3.05, 3.63) is 54.0 Å². The monoisotopic (exact) mass is 398 g/mol. The molecule has 152 valence electrons. The molecule has 2 heterocycles. The highest BCUT2D eigenvalue weighted by Crippen LogP contribution is 2.26. The molecule has 3 rings (SSSR count). The summed E-state index contributed by atoms with van der Waals surface area (Å²) in [5, 5.41) is 10.2. The van der Waals surface area contributed by atoms with Crippen LogP contribution in [0.2, 0.25) is 0 Å². The van der Waals surface area contributed by atoms with Crippen molar-refractivity contribution in [2.75, 3.05) is 5.32 Å². The number of carbonyl (C=O) groups is 4. The van der Waals surface area contributed by atoms with Crippen molar-refractivity contribution in [2.45, 2.75) is 32.4 Å². The van der Waals surface area contributed by atoms with E-state index < -0.39 is 35.3 Å². The average molecular weight is 398 g/mol. The third-order valence-electron chi connectivity index (χ3n) is 4.73. The van der Waals surface area contributed by atoms with Crippen molar-refractivity contribution in [3.8, 4) is 0 Å². The van der Waals surface area contributed by atoms with Gasteiger partial charge in [-0.25, -0.2) is 4.79 Å². The molecule has 0 aliphatic carbocycles. The Balaban J connectivity index is 1.76. The quantitative estimate of drug-likeness (QED) is 0.551. The van der Waals surface area contributed by atoms with E-state index in [0.29, 0.717) is 11.3 Å². The third kappa shape index (κ3) is 4.13. The van der Waals surface area contributed by atoms with E-state index in [9.17, 15) is 19.2 Å². The SMILES string of the molecule is CC(C)C(NC(=O)c1ccco1)C(=O)Nc1cccc(C2(C)NC(=O)NC2=O)c1. The molecule has 0 saturated carbocycles. The highest BCUT2D eigenvalue weighted by Gasteiger charge is 2.43. The molecule has 1 saturated heterocycles. The normalized spacial score (nSPS) is 19.4. The number of hydrogen-bond acceptors (Lipinski definition) is 5. The Morgan fingerprint density at radius 2 is 1.90 bits per heavy atom. The van der Waals surface area contributed by atoms with E-state index in [1.165, 1.54) is 12.3 Å². The van der Waals surface area contributed by atoms with E-state index in [2.05, 4.69) is 21.3 Å². The summed E-state index contributed by atoms with van der Waals surface area (Å²) in [6, 6.07) is 8.33. The number of furan rings is 1. The number of anilines is 1. The van der Waals surface area contributed by atoms with E-state index in [1.54, 1.807) is 37.3 Å². The zero-order valence-electron chi connectivity index (χ0n) is 16.2. The van der Waals surface area contributed by atoms with E-state index in [4.69, 9.17) is 4.42 Å². The molecule has 1 aliphatic rings. The number of imide groups is 1. The number of rotatable bonds is 6.